The highest BCUT2D eigenvalue weighted by molar-refractivity contribution is 7.99. The Bertz CT molecular complexity index is 328. The standard InChI is InChI=1S/C12H22N2O3S/c1-12(2,3)9(13)6-10(15)14-4-5-18-7-8(14)11(16)17/h8-9H,4-7,13H2,1-3H3,(H,16,17). The largest absolute Gasteiger partial charge is 0.480 e. The number of hydrogen-bond acceptors (Lipinski definition) is 4. The van der Waals surface area contributed by atoms with Gasteiger partial charge in [0.15, 0.2) is 0 Å². The van der Waals surface area contributed by atoms with Gasteiger partial charge in [0.05, 0.1) is 0 Å². The Morgan fingerprint density at radius 2 is 2.11 bits per heavy atom. The summed E-state index contributed by atoms with van der Waals surface area (Å²) < 4.78 is 0. The van der Waals surface area contributed by atoms with Crippen LogP contribution in [0.1, 0.15) is 27.2 Å². The van der Waals surface area contributed by atoms with Crippen LogP contribution in [-0.2, 0) is 9.59 Å². The van der Waals surface area contributed by atoms with Crippen LogP contribution in [0.2, 0.25) is 0 Å². The summed E-state index contributed by atoms with van der Waals surface area (Å²) in [4.78, 5) is 24.7. The van der Waals surface area contributed by atoms with E-state index in [2.05, 4.69) is 0 Å². The molecule has 0 saturated carbocycles. The number of hydrogen-bond donors (Lipinski definition) is 2. The maximum absolute atomic E-state index is 12.1. The molecule has 0 aromatic rings. The second kappa shape index (κ2) is 5.93. The Morgan fingerprint density at radius 1 is 1.50 bits per heavy atom. The maximum Gasteiger partial charge on any atom is 0.327 e. The fraction of sp³-hybridized carbons (Fsp3) is 0.833. The average Bonchev–Trinajstić information content (AvgIpc) is 2.27. The molecule has 2 atom stereocenters. The van der Waals surface area contributed by atoms with Gasteiger partial charge in [0, 0.05) is 30.5 Å². The first kappa shape index (κ1) is 15.3. The van der Waals surface area contributed by atoms with Crippen LogP contribution in [0, 0.1) is 5.41 Å². The summed E-state index contributed by atoms with van der Waals surface area (Å²) in [6.07, 6.45) is 0.206. The average molecular weight is 274 g/mol. The van der Waals surface area contributed by atoms with Gasteiger partial charge >= 0.3 is 5.97 Å². The molecule has 6 heteroatoms. The van der Waals surface area contributed by atoms with Crippen LogP contribution in [0.4, 0.5) is 0 Å². The van der Waals surface area contributed by atoms with E-state index < -0.39 is 12.0 Å². The third-order valence-corrected chi connectivity index (χ3v) is 4.26. The zero-order valence-corrected chi connectivity index (χ0v) is 12.0. The molecule has 1 fully saturated rings. The van der Waals surface area contributed by atoms with E-state index in [1.165, 1.54) is 4.90 Å². The Kier molecular flexibility index (Phi) is 5.04. The third-order valence-electron chi connectivity index (χ3n) is 3.24. The van der Waals surface area contributed by atoms with E-state index in [-0.39, 0.29) is 23.8 Å². The first-order valence-electron chi connectivity index (χ1n) is 6.09. The minimum Gasteiger partial charge on any atom is -0.480 e. The summed E-state index contributed by atoms with van der Waals surface area (Å²) >= 11 is 1.57. The number of nitrogens with two attached hydrogens (primary N) is 1. The minimum absolute atomic E-state index is 0.148. The molecule has 2 unspecified atom stereocenters. The summed E-state index contributed by atoms with van der Waals surface area (Å²) in [6, 6.07) is -0.961. The Balaban J connectivity index is 2.67. The summed E-state index contributed by atoms with van der Waals surface area (Å²) in [7, 11) is 0. The highest BCUT2D eigenvalue weighted by Crippen LogP contribution is 2.23. The van der Waals surface area contributed by atoms with Gasteiger partial charge in [-0.1, -0.05) is 20.8 Å². The van der Waals surface area contributed by atoms with Crippen LogP contribution < -0.4 is 5.73 Å². The lowest BCUT2D eigenvalue weighted by Gasteiger charge is -2.35. The molecule has 18 heavy (non-hydrogen) atoms. The van der Waals surface area contributed by atoms with Gasteiger partial charge in [0.2, 0.25) is 5.91 Å². The fourth-order valence-electron chi connectivity index (χ4n) is 1.72. The number of rotatable bonds is 3. The van der Waals surface area contributed by atoms with E-state index in [9.17, 15) is 9.59 Å². The molecule has 1 aliphatic heterocycles. The smallest absolute Gasteiger partial charge is 0.327 e. The molecule has 0 aliphatic carbocycles. The molecule has 0 bridgehead atoms. The Morgan fingerprint density at radius 3 is 2.61 bits per heavy atom. The number of aliphatic carboxylic acids is 1. The van der Waals surface area contributed by atoms with Crippen LogP contribution in [0.15, 0.2) is 0 Å². The van der Waals surface area contributed by atoms with E-state index >= 15 is 0 Å². The molecular formula is C12H22N2O3S. The maximum atomic E-state index is 12.1. The minimum atomic E-state index is -0.931. The SMILES string of the molecule is CC(C)(C)C(N)CC(=O)N1CCSCC1C(=O)O. The van der Waals surface area contributed by atoms with Crippen molar-refractivity contribution < 1.29 is 14.7 Å². The molecule has 0 radical (unpaired) electrons. The quantitative estimate of drug-likeness (QED) is 0.794. The van der Waals surface area contributed by atoms with E-state index in [1.54, 1.807) is 11.8 Å². The number of carbonyl (C=O) groups is 2. The predicted molar refractivity (Wildman–Crippen MR) is 72.5 cm³/mol. The van der Waals surface area contributed by atoms with Crippen molar-refractivity contribution in [2.24, 2.45) is 11.1 Å². The third kappa shape index (κ3) is 3.88. The molecule has 5 nitrogen and oxygen atoms in total. The van der Waals surface area contributed by atoms with Crippen molar-refractivity contribution in [1.82, 2.24) is 4.90 Å². The molecule has 0 aromatic carbocycles. The van der Waals surface area contributed by atoms with Gasteiger partial charge in [-0.3, -0.25) is 4.79 Å². The van der Waals surface area contributed by atoms with Crippen LogP contribution >= 0.6 is 11.8 Å². The van der Waals surface area contributed by atoms with E-state index in [0.29, 0.717) is 12.3 Å². The topological polar surface area (TPSA) is 83.6 Å². The molecule has 0 spiro atoms. The summed E-state index contributed by atoms with van der Waals surface area (Å²) in [5.41, 5.74) is 5.83. The number of carbonyl (C=O) groups excluding carboxylic acids is 1. The second-order valence-electron chi connectivity index (χ2n) is 5.69. The molecule has 104 valence electrons. The number of thioether (sulfide) groups is 1. The molecule has 0 aromatic heterocycles. The molecular weight excluding hydrogens is 252 g/mol. The summed E-state index contributed by atoms with van der Waals surface area (Å²) in [6.45, 7) is 6.43. The van der Waals surface area contributed by atoms with E-state index in [0.717, 1.165) is 5.75 Å². The number of amides is 1. The van der Waals surface area contributed by atoms with E-state index in [4.69, 9.17) is 10.8 Å². The second-order valence-corrected chi connectivity index (χ2v) is 6.84. The van der Waals surface area contributed by atoms with Gasteiger partial charge < -0.3 is 15.7 Å². The zero-order valence-electron chi connectivity index (χ0n) is 11.2. The Labute approximate surface area is 112 Å². The monoisotopic (exact) mass is 274 g/mol. The lowest BCUT2D eigenvalue weighted by atomic mass is 9.85. The van der Waals surface area contributed by atoms with Crippen molar-refractivity contribution in [2.75, 3.05) is 18.1 Å². The van der Waals surface area contributed by atoms with Crippen molar-refractivity contribution in [3.8, 4) is 0 Å². The highest BCUT2D eigenvalue weighted by atomic mass is 32.2. The lowest BCUT2D eigenvalue weighted by Crippen LogP contribution is -2.52. The zero-order chi connectivity index (χ0) is 13.9. The van der Waals surface area contributed by atoms with Gasteiger partial charge in [-0.2, -0.15) is 11.8 Å². The van der Waals surface area contributed by atoms with Crippen molar-refractivity contribution in [3.63, 3.8) is 0 Å². The van der Waals surface area contributed by atoms with Crippen LogP contribution in [-0.4, -0.2) is 52.0 Å². The van der Waals surface area contributed by atoms with Crippen molar-refractivity contribution in [3.05, 3.63) is 0 Å². The Hall–Kier alpha value is -0.750. The van der Waals surface area contributed by atoms with Gasteiger partial charge in [0.1, 0.15) is 6.04 Å². The fourth-order valence-corrected chi connectivity index (χ4v) is 2.76. The number of carboxylic acids is 1. The van der Waals surface area contributed by atoms with Crippen molar-refractivity contribution in [2.45, 2.75) is 39.3 Å². The molecule has 1 saturated heterocycles. The van der Waals surface area contributed by atoms with Crippen LogP contribution in [0.3, 0.4) is 0 Å². The normalized spacial score (nSPS) is 22.7. The molecule has 1 heterocycles. The first-order chi connectivity index (χ1) is 8.23. The van der Waals surface area contributed by atoms with Gasteiger partial charge in [0.25, 0.3) is 0 Å². The molecule has 3 N–H and O–H groups in total. The summed E-state index contributed by atoms with van der Waals surface area (Å²) in [5.74, 6) is 0.177. The van der Waals surface area contributed by atoms with Crippen LogP contribution in [0.5, 0.6) is 0 Å². The highest BCUT2D eigenvalue weighted by Gasteiger charge is 2.34. The van der Waals surface area contributed by atoms with Crippen molar-refractivity contribution in [1.29, 1.82) is 0 Å². The van der Waals surface area contributed by atoms with Gasteiger partial charge in [-0.15, -0.1) is 0 Å². The van der Waals surface area contributed by atoms with Gasteiger partial charge in [-0.25, -0.2) is 4.79 Å². The number of carboxylic acid groups (broad SMARTS) is 1. The molecule has 1 amide bonds. The lowest BCUT2D eigenvalue weighted by molar-refractivity contribution is -0.149. The van der Waals surface area contributed by atoms with Crippen LogP contribution in [0.25, 0.3) is 0 Å². The van der Waals surface area contributed by atoms with Gasteiger partial charge in [-0.05, 0) is 5.41 Å². The number of nitrogens with zero attached hydrogens (tertiary/aromatic N) is 1. The predicted octanol–water partition coefficient (Wildman–Crippen LogP) is 0.778. The van der Waals surface area contributed by atoms with Crippen molar-refractivity contribution >= 4 is 23.6 Å². The summed E-state index contributed by atoms with van der Waals surface area (Å²) in [5, 5.41) is 9.11. The molecule has 1 rings (SSSR count). The molecule has 1 aliphatic rings. The first-order valence-corrected chi connectivity index (χ1v) is 7.24. The van der Waals surface area contributed by atoms with E-state index in [1.807, 2.05) is 20.8 Å².